The van der Waals surface area contributed by atoms with E-state index in [4.69, 9.17) is 0 Å². The van der Waals surface area contributed by atoms with Crippen molar-refractivity contribution in [3.63, 3.8) is 0 Å². The molecule has 0 aliphatic heterocycles. The number of rotatable bonds is 3. The summed E-state index contributed by atoms with van der Waals surface area (Å²) in [6.45, 7) is 4.22. The lowest BCUT2D eigenvalue weighted by molar-refractivity contribution is 0.515. The standard InChI is InChI=1S/C12H15BrFN/c1-7-5-12(7)15-8(2)10-4-3-9(13)6-11(10)14/h3-4,6-8,12,15H,5H2,1-2H3. The Morgan fingerprint density at radius 2 is 2.20 bits per heavy atom. The average Bonchev–Trinajstić information content (AvgIpc) is 2.81. The molecular formula is C12H15BrFN. The average molecular weight is 272 g/mol. The Morgan fingerprint density at radius 1 is 1.53 bits per heavy atom. The second-order valence-electron chi connectivity index (χ2n) is 4.37. The summed E-state index contributed by atoms with van der Waals surface area (Å²) in [5, 5.41) is 3.42. The Morgan fingerprint density at radius 3 is 2.73 bits per heavy atom. The van der Waals surface area contributed by atoms with Gasteiger partial charge in [-0.05, 0) is 31.4 Å². The first-order chi connectivity index (χ1) is 7.08. The minimum Gasteiger partial charge on any atom is -0.307 e. The van der Waals surface area contributed by atoms with E-state index in [1.54, 1.807) is 0 Å². The highest BCUT2D eigenvalue weighted by Crippen LogP contribution is 2.32. The van der Waals surface area contributed by atoms with Crippen LogP contribution in [-0.2, 0) is 0 Å². The van der Waals surface area contributed by atoms with Crippen molar-refractivity contribution in [3.05, 3.63) is 34.1 Å². The zero-order chi connectivity index (χ0) is 11.0. The molecule has 1 nitrogen and oxygen atoms in total. The van der Waals surface area contributed by atoms with Gasteiger partial charge in [0.15, 0.2) is 0 Å². The maximum atomic E-state index is 13.6. The van der Waals surface area contributed by atoms with Crippen LogP contribution in [0.25, 0.3) is 0 Å². The fourth-order valence-corrected chi connectivity index (χ4v) is 2.15. The van der Waals surface area contributed by atoms with E-state index in [0.717, 1.165) is 16.0 Å². The Balaban J connectivity index is 2.07. The van der Waals surface area contributed by atoms with Crippen LogP contribution in [0.3, 0.4) is 0 Å². The molecule has 0 bridgehead atoms. The van der Waals surface area contributed by atoms with E-state index in [0.29, 0.717) is 6.04 Å². The molecule has 1 N–H and O–H groups in total. The molecule has 3 atom stereocenters. The molecular weight excluding hydrogens is 257 g/mol. The van der Waals surface area contributed by atoms with Crippen LogP contribution in [0.15, 0.2) is 22.7 Å². The zero-order valence-electron chi connectivity index (χ0n) is 8.93. The topological polar surface area (TPSA) is 12.0 Å². The summed E-state index contributed by atoms with van der Waals surface area (Å²) in [6.07, 6.45) is 1.21. The zero-order valence-corrected chi connectivity index (χ0v) is 10.5. The quantitative estimate of drug-likeness (QED) is 0.885. The molecule has 0 radical (unpaired) electrons. The van der Waals surface area contributed by atoms with Gasteiger partial charge in [-0.3, -0.25) is 0 Å². The van der Waals surface area contributed by atoms with Gasteiger partial charge in [-0.25, -0.2) is 4.39 Å². The van der Waals surface area contributed by atoms with Crippen molar-refractivity contribution < 1.29 is 4.39 Å². The van der Waals surface area contributed by atoms with E-state index >= 15 is 0 Å². The molecule has 0 heterocycles. The predicted molar refractivity (Wildman–Crippen MR) is 63.2 cm³/mol. The summed E-state index contributed by atoms with van der Waals surface area (Å²) < 4.78 is 14.4. The highest BCUT2D eigenvalue weighted by Gasteiger charge is 2.33. The molecule has 15 heavy (non-hydrogen) atoms. The van der Waals surface area contributed by atoms with E-state index in [1.807, 2.05) is 19.1 Å². The SMILES string of the molecule is CC(NC1CC1C)c1ccc(Br)cc1F. The normalized spacial score (nSPS) is 26.4. The molecule has 2 rings (SSSR count). The third-order valence-electron chi connectivity index (χ3n) is 3.00. The van der Waals surface area contributed by atoms with Gasteiger partial charge in [-0.2, -0.15) is 0 Å². The van der Waals surface area contributed by atoms with E-state index in [2.05, 4.69) is 28.2 Å². The van der Waals surface area contributed by atoms with Gasteiger partial charge in [-0.1, -0.05) is 28.9 Å². The molecule has 0 aromatic heterocycles. The van der Waals surface area contributed by atoms with Crippen LogP contribution in [-0.4, -0.2) is 6.04 Å². The maximum Gasteiger partial charge on any atom is 0.129 e. The number of hydrogen-bond acceptors (Lipinski definition) is 1. The summed E-state index contributed by atoms with van der Waals surface area (Å²) >= 11 is 3.26. The monoisotopic (exact) mass is 271 g/mol. The van der Waals surface area contributed by atoms with Gasteiger partial charge in [0.1, 0.15) is 5.82 Å². The van der Waals surface area contributed by atoms with Crippen LogP contribution in [0.2, 0.25) is 0 Å². The van der Waals surface area contributed by atoms with Crippen LogP contribution in [0.5, 0.6) is 0 Å². The highest BCUT2D eigenvalue weighted by atomic mass is 79.9. The first kappa shape index (κ1) is 11.1. The van der Waals surface area contributed by atoms with Gasteiger partial charge in [0.25, 0.3) is 0 Å². The van der Waals surface area contributed by atoms with Crippen molar-refractivity contribution in [2.24, 2.45) is 5.92 Å². The Labute approximate surface area is 98.2 Å². The lowest BCUT2D eigenvalue weighted by atomic mass is 10.1. The van der Waals surface area contributed by atoms with Crippen LogP contribution in [0.4, 0.5) is 4.39 Å². The molecule has 82 valence electrons. The van der Waals surface area contributed by atoms with Gasteiger partial charge in [0.2, 0.25) is 0 Å². The van der Waals surface area contributed by atoms with Crippen molar-refractivity contribution in [1.82, 2.24) is 5.32 Å². The predicted octanol–water partition coefficient (Wildman–Crippen LogP) is 3.65. The number of halogens is 2. The van der Waals surface area contributed by atoms with Gasteiger partial charge < -0.3 is 5.32 Å². The second-order valence-corrected chi connectivity index (χ2v) is 5.29. The second kappa shape index (κ2) is 4.22. The Kier molecular flexibility index (Phi) is 3.12. The van der Waals surface area contributed by atoms with E-state index in [9.17, 15) is 4.39 Å². The molecule has 0 saturated heterocycles. The molecule has 1 saturated carbocycles. The fourth-order valence-electron chi connectivity index (χ4n) is 1.82. The molecule has 3 unspecified atom stereocenters. The Hall–Kier alpha value is -0.410. The molecule has 0 amide bonds. The minimum atomic E-state index is -0.141. The molecule has 1 aromatic carbocycles. The summed E-state index contributed by atoms with van der Waals surface area (Å²) in [6, 6.07) is 5.90. The summed E-state index contributed by atoms with van der Waals surface area (Å²) in [4.78, 5) is 0. The summed E-state index contributed by atoms with van der Waals surface area (Å²) in [7, 11) is 0. The lowest BCUT2D eigenvalue weighted by Gasteiger charge is -2.14. The largest absolute Gasteiger partial charge is 0.307 e. The molecule has 1 aliphatic rings. The Bertz CT molecular complexity index is 367. The van der Waals surface area contributed by atoms with Crippen LogP contribution >= 0.6 is 15.9 Å². The van der Waals surface area contributed by atoms with Gasteiger partial charge >= 0.3 is 0 Å². The summed E-state index contributed by atoms with van der Waals surface area (Å²) in [5.74, 6) is 0.601. The fraction of sp³-hybridized carbons (Fsp3) is 0.500. The van der Waals surface area contributed by atoms with Crippen molar-refractivity contribution in [2.45, 2.75) is 32.4 Å². The van der Waals surface area contributed by atoms with Crippen LogP contribution in [0.1, 0.15) is 31.9 Å². The third-order valence-corrected chi connectivity index (χ3v) is 3.50. The first-order valence-corrected chi connectivity index (χ1v) is 6.08. The van der Waals surface area contributed by atoms with Crippen molar-refractivity contribution in [1.29, 1.82) is 0 Å². The number of benzene rings is 1. The molecule has 1 aliphatic carbocycles. The smallest absolute Gasteiger partial charge is 0.129 e. The minimum absolute atomic E-state index is 0.0908. The van der Waals surface area contributed by atoms with Crippen LogP contribution in [0, 0.1) is 11.7 Å². The molecule has 3 heteroatoms. The third kappa shape index (κ3) is 2.58. The van der Waals surface area contributed by atoms with E-state index in [1.165, 1.54) is 12.5 Å². The summed E-state index contributed by atoms with van der Waals surface area (Å²) in [5.41, 5.74) is 0.748. The molecule has 1 aromatic rings. The van der Waals surface area contributed by atoms with Gasteiger partial charge in [-0.15, -0.1) is 0 Å². The van der Waals surface area contributed by atoms with Crippen molar-refractivity contribution in [3.8, 4) is 0 Å². The number of nitrogens with one attached hydrogen (secondary N) is 1. The van der Waals surface area contributed by atoms with Crippen LogP contribution < -0.4 is 5.32 Å². The van der Waals surface area contributed by atoms with Crippen molar-refractivity contribution >= 4 is 15.9 Å². The van der Waals surface area contributed by atoms with Gasteiger partial charge in [0.05, 0.1) is 0 Å². The lowest BCUT2D eigenvalue weighted by Crippen LogP contribution is -2.22. The molecule has 1 fully saturated rings. The van der Waals surface area contributed by atoms with E-state index < -0.39 is 0 Å². The van der Waals surface area contributed by atoms with Gasteiger partial charge in [0, 0.05) is 22.1 Å². The first-order valence-electron chi connectivity index (χ1n) is 5.29. The van der Waals surface area contributed by atoms with Crippen molar-refractivity contribution in [2.75, 3.05) is 0 Å². The maximum absolute atomic E-state index is 13.6. The number of hydrogen-bond donors (Lipinski definition) is 1. The molecule has 0 spiro atoms. The van der Waals surface area contributed by atoms with E-state index in [-0.39, 0.29) is 11.9 Å². The highest BCUT2D eigenvalue weighted by molar-refractivity contribution is 9.10.